The van der Waals surface area contributed by atoms with E-state index in [1.165, 1.54) is 20.3 Å². The number of aryl methyl sites for hydroxylation is 1. The fourth-order valence-corrected chi connectivity index (χ4v) is 3.02. The zero-order chi connectivity index (χ0) is 24.0. The average Bonchev–Trinajstić information content (AvgIpc) is 2.81. The third kappa shape index (κ3) is 5.42. The monoisotopic (exact) mass is 454 g/mol. The van der Waals surface area contributed by atoms with Gasteiger partial charge in [0.2, 0.25) is 11.9 Å². The van der Waals surface area contributed by atoms with E-state index in [1.54, 1.807) is 0 Å². The molecule has 3 N–H and O–H groups in total. The number of hydrogen-bond acceptors (Lipinski definition) is 11. The molecule has 0 aliphatic heterocycles. The Morgan fingerprint density at radius 1 is 1.12 bits per heavy atom. The number of nitrogens with zero attached hydrogens (tertiary/aromatic N) is 4. The van der Waals surface area contributed by atoms with Crippen molar-refractivity contribution in [3.05, 3.63) is 63.5 Å². The van der Waals surface area contributed by atoms with Crippen LogP contribution in [0.1, 0.15) is 28.7 Å². The van der Waals surface area contributed by atoms with Gasteiger partial charge in [-0.2, -0.15) is 15.0 Å². The van der Waals surface area contributed by atoms with Crippen molar-refractivity contribution in [1.82, 2.24) is 15.0 Å². The predicted octanol–water partition coefficient (Wildman–Crippen LogP) is 3.04. The Labute approximate surface area is 188 Å². The van der Waals surface area contributed by atoms with E-state index in [2.05, 4.69) is 20.3 Å². The van der Waals surface area contributed by atoms with Crippen LogP contribution < -0.4 is 20.5 Å². The standard InChI is InChI=1S/C21H22N6O6/c1-4-12-7-5-6-8-14(12)23-21-25-18(24-20(22)26-21)11-33-19(28)13-9-16(31-2)17(32-3)10-15(13)27(29)30/h5-10H,4,11H2,1-3H3,(H3,22,23,24,25,26). The molecular weight excluding hydrogens is 432 g/mol. The van der Waals surface area contributed by atoms with Crippen molar-refractivity contribution in [3.8, 4) is 11.5 Å². The lowest BCUT2D eigenvalue weighted by Gasteiger charge is -2.12. The van der Waals surface area contributed by atoms with Gasteiger partial charge in [-0.3, -0.25) is 10.1 Å². The zero-order valence-corrected chi connectivity index (χ0v) is 18.2. The van der Waals surface area contributed by atoms with Gasteiger partial charge in [-0.05, 0) is 18.1 Å². The van der Waals surface area contributed by atoms with E-state index >= 15 is 0 Å². The average molecular weight is 454 g/mol. The van der Waals surface area contributed by atoms with Gasteiger partial charge in [-0.15, -0.1) is 0 Å². The molecule has 0 spiro atoms. The number of nitrogen functional groups attached to an aromatic ring is 1. The molecule has 3 rings (SSSR count). The maximum absolute atomic E-state index is 12.6. The minimum atomic E-state index is -0.965. The summed E-state index contributed by atoms with van der Waals surface area (Å²) in [5, 5.41) is 14.5. The van der Waals surface area contributed by atoms with Crippen molar-refractivity contribution in [2.45, 2.75) is 20.0 Å². The maximum Gasteiger partial charge on any atom is 0.345 e. The molecule has 0 saturated heterocycles. The summed E-state index contributed by atoms with van der Waals surface area (Å²) in [5.74, 6) is -0.561. The quantitative estimate of drug-likeness (QED) is 0.277. The normalized spacial score (nSPS) is 10.4. The number of carbonyl (C=O) groups excluding carboxylic acids is 1. The first kappa shape index (κ1) is 23.2. The smallest absolute Gasteiger partial charge is 0.345 e. The molecule has 12 heteroatoms. The summed E-state index contributed by atoms with van der Waals surface area (Å²) in [5.41, 5.74) is 6.81. The first-order chi connectivity index (χ1) is 15.9. The maximum atomic E-state index is 12.6. The molecule has 1 aromatic heterocycles. The number of benzene rings is 2. The lowest BCUT2D eigenvalue weighted by molar-refractivity contribution is -0.385. The molecule has 0 unspecified atom stereocenters. The number of methoxy groups -OCH3 is 2. The van der Waals surface area contributed by atoms with Gasteiger partial charge in [0.25, 0.3) is 5.69 Å². The summed E-state index contributed by atoms with van der Waals surface area (Å²) in [4.78, 5) is 35.6. The molecule has 0 saturated carbocycles. The lowest BCUT2D eigenvalue weighted by Crippen LogP contribution is -2.13. The van der Waals surface area contributed by atoms with E-state index in [0.717, 1.165) is 23.7 Å². The molecule has 0 aliphatic carbocycles. The number of anilines is 3. The van der Waals surface area contributed by atoms with Crippen LogP contribution in [0.2, 0.25) is 0 Å². The molecule has 172 valence electrons. The van der Waals surface area contributed by atoms with Gasteiger partial charge in [0.15, 0.2) is 23.9 Å². The van der Waals surface area contributed by atoms with Crippen LogP contribution >= 0.6 is 0 Å². The van der Waals surface area contributed by atoms with E-state index in [-0.39, 0.29) is 41.4 Å². The van der Waals surface area contributed by atoms with Crippen molar-refractivity contribution in [1.29, 1.82) is 0 Å². The summed E-state index contributed by atoms with van der Waals surface area (Å²) in [7, 11) is 2.67. The number of nitrogens with one attached hydrogen (secondary N) is 1. The molecule has 0 amide bonds. The molecule has 0 radical (unpaired) electrons. The summed E-state index contributed by atoms with van der Waals surface area (Å²) in [6, 6.07) is 9.88. The molecule has 0 fully saturated rings. The minimum absolute atomic E-state index is 0.0652. The number of hydrogen-bond donors (Lipinski definition) is 2. The molecule has 33 heavy (non-hydrogen) atoms. The first-order valence-electron chi connectivity index (χ1n) is 9.79. The Bertz CT molecular complexity index is 1190. The fraction of sp³-hybridized carbons (Fsp3) is 0.238. The van der Waals surface area contributed by atoms with E-state index in [1.807, 2.05) is 31.2 Å². The zero-order valence-electron chi connectivity index (χ0n) is 18.2. The number of carbonyl (C=O) groups is 1. The number of para-hydroxylation sites is 1. The Morgan fingerprint density at radius 2 is 1.82 bits per heavy atom. The van der Waals surface area contributed by atoms with Crippen molar-refractivity contribution >= 4 is 29.2 Å². The van der Waals surface area contributed by atoms with Crippen LogP contribution in [0.4, 0.5) is 23.3 Å². The van der Waals surface area contributed by atoms with Gasteiger partial charge in [0.1, 0.15) is 5.56 Å². The van der Waals surface area contributed by atoms with Crippen LogP contribution in [0.15, 0.2) is 36.4 Å². The molecule has 0 aliphatic rings. The van der Waals surface area contributed by atoms with Crippen molar-refractivity contribution in [3.63, 3.8) is 0 Å². The number of rotatable bonds is 9. The highest BCUT2D eigenvalue weighted by Crippen LogP contribution is 2.35. The van der Waals surface area contributed by atoms with E-state index < -0.39 is 16.6 Å². The first-order valence-corrected chi connectivity index (χ1v) is 9.79. The molecule has 2 aromatic carbocycles. The second-order valence-corrected chi connectivity index (χ2v) is 6.63. The highest BCUT2D eigenvalue weighted by Gasteiger charge is 2.26. The van der Waals surface area contributed by atoms with Crippen LogP contribution in [-0.4, -0.2) is 40.1 Å². The van der Waals surface area contributed by atoms with Gasteiger partial charge >= 0.3 is 5.97 Å². The highest BCUT2D eigenvalue weighted by molar-refractivity contribution is 5.95. The van der Waals surface area contributed by atoms with Crippen LogP contribution in [0.5, 0.6) is 11.5 Å². The summed E-state index contributed by atoms with van der Waals surface area (Å²) in [6.07, 6.45) is 0.790. The minimum Gasteiger partial charge on any atom is -0.493 e. The SMILES string of the molecule is CCc1ccccc1Nc1nc(N)nc(COC(=O)c2cc(OC)c(OC)cc2[N+](=O)[O-])n1. The third-order valence-electron chi connectivity index (χ3n) is 4.59. The summed E-state index contributed by atoms with van der Waals surface area (Å²) >= 11 is 0. The van der Waals surface area contributed by atoms with Crippen LogP contribution in [0, 0.1) is 10.1 Å². The van der Waals surface area contributed by atoms with Crippen molar-refractivity contribution in [2.24, 2.45) is 0 Å². The van der Waals surface area contributed by atoms with Gasteiger partial charge < -0.3 is 25.3 Å². The topological polar surface area (TPSA) is 165 Å². The molecule has 0 bridgehead atoms. The molecule has 0 atom stereocenters. The highest BCUT2D eigenvalue weighted by atomic mass is 16.6. The van der Waals surface area contributed by atoms with Gasteiger partial charge in [0, 0.05) is 11.8 Å². The van der Waals surface area contributed by atoms with Crippen LogP contribution in [0.25, 0.3) is 0 Å². The summed E-state index contributed by atoms with van der Waals surface area (Å²) < 4.78 is 15.4. The molecule has 1 heterocycles. The van der Waals surface area contributed by atoms with Gasteiger partial charge in [0.05, 0.1) is 25.2 Å². The second-order valence-electron chi connectivity index (χ2n) is 6.63. The number of nitro groups is 1. The largest absolute Gasteiger partial charge is 0.493 e. The Balaban J connectivity index is 1.81. The summed E-state index contributed by atoms with van der Waals surface area (Å²) in [6.45, 7) is 1.63. The van der Waals surface area contributed by atoms with Crippen molar-refractivity contribution < 1.29 is 23.9 Å². The lowest BCUT2D eigenvalue weighted by atomic mass is 10.1. The number of nitrogens with two attached hydrogens (primary N) is 1. The van der Waals surface area contributed by atoms with Crippen molar-refractivity contribution in [2.75, 3.05) is 25.3 Å². The van der Waals surface area contributed by atoms with Crippen LogP contribution in [-0.2, 0) is 17.8 Å². The van der Waals surface area contributed by atoms with Gasteiger partial charge in [-0.25, -0.2) is 4.79 Å². The molecular formula is C21H22N6O6. The molecule has 12 nitrogen and oxygen atoms in total. The van der Waals surface area contributed by atoms with Gasteiger partial charge in [-0.1, -0.05) is 25.1 Å². The van der Waals surface area contributed by atoms with Crippen LogP contribution in [0.3, 0.4) is 0 Å². The Kier molecular flexibility index (Phi) is 7.18. The number of aromatic nitrogens is 3. The second kappa shape index (κ2) is 10.2. The fourth-order valence-electron chi connectivity index (χ4n) is 3.02. The number of ether oxygens (including phenoxy) is 3. The van der Waals surface area contributed by atoms with E-state index in [9.17, 15) is 14.9 Å². The third-order valence-corrected chi connectivity index (χ3v) is 4.59. The van der Waals surface area contributed by atoms with E-state index in [4.69, 9.17) is 19.9 Å². The Hall–Kier alpha value is -4.48. The molecule has 3 aromatic rings. The predicted molar refractivity (Wildman–Crippen MR) is 119 cm³/mol. The van der Waals surface area contributed by atoms with E-state index in [0.29, 0.717) is 0 Å². The number of esters is 1. The number of nitro benzene ring substituents is 1. The Morgan fingerprint density at radius 3 is 2.48 bits per heavy atom.